The van der Waals surface area contributed by atoms with Gasteiger partial charge in [0.05, 0.1) is 7.11 Å². The maximum atomic E-state index is 12.4. The maximum Gasteiger partial charge on any atom is 0.328 e. The number of aromatic nitrogens is 1. The number of benzene rings is 1. The second kappa shape index (κ2) is 7.54. The van der Waals surface area contributed by atoms with Crippen molar-refractivity contribution < 1.29 is 18.9 Å². The Morgan fingerprint density at radius 1 is 1.22 bits per heavy atom. The number of rotatable bonds is 5. The van der Waals surface area contributed by atoms with Crippen LogP contribution < -0.4 is 9.88 Å². The van der Waals surface area contributed by atoms with Gasteiger partial charge >= 0.3 is 5.97 Å². The summed E-state index contributed by atoms with van der Waals surface area (Å²) in [4.78, 5) is 24.4. The number of pyridine rings is 1. The molecule has 0 spiro atoms. The number of hydrogen-bond acceptors (Lipinski definition) is 3. The van der Waals surface area contributed by atoms with Gasteiger partial charge in [0.15, 0.2) is 12.4 Å². The molecule has 120 valence electrons. The molecular weight excluding hydrogens is 292 g/mol. The van der Waals surface area contributed by atoms with Crippen LogP contribution >= 0.6 is 0 Å². The molecule has 1 unspecified atom stereocenters. The van der Waals surface area contributed by atoms with Gasteiger partial charge in [-0.1, -0.05) is 30.3 Å². The van der Waals surface area contributed by atoms with Crippen molar-refractivity contribution in [3.63, 3.8) is 0 Å². The quantitative estimate of drug-likeness (QED) is 0.669. The summed E-state index contributed by atoms with van der Waals surface area (Å²) in [5.41, 5.74) is 2.44. The molecule has 0 bridgehead atoms. The van der Waals surface area contributed by atoms with Gasteiger partial charge in [-0.3, -0.25) is 4.79 Å². The molecule has 2 rings (SSSR count). The molecule has 0 saturated heterocycles. The average molecular weight is 313 g/mol. The Labute approximate surface area is 135 Å². The molecule has 0 fully saturated rings. The fraction of sp³-hybridized carbons (Fsp3) is 0.278. The highest BCUT2D eigenvalue weighted by Gasteiger charge is 2.23. The molecule has 1 amide bonds. The Morgan fingerprint density at radius 3 is 2.52 bits per heavy atom. The van der Waals surface area contributed by atoms with Gasteiger partial charge < -0.3 is 10.1 Å². The van der Waals surface area contributed by atoms with Gasteiger partial charge in [-0.05, 0) is 18.6 Å². The van der Waals surface area contributed by atoms with Gasteiger partial charge in [-0.2, -0.15) is 0 Å². The van der Waals surface area contributed by atoms with Gasteiger partial charge in [0.2, 0.25) is 0 Å². The second-order valence-electron chi connectivity index (χ2n) is 5.51. The third-order valence-electron chi connectivity index (χ3n) is 3.47. The number of methoxy groups -OCH3 is 1. The molecule has 23 heavy (non-hydrogen) atoms. The Balaban J connectivity index is 2.17. The highest BCUT2D eigenvalue weighted by molar-refractivity contribution is 5.96. The molecule has 2 aromatic rings. The zero-order chi connectivity index (χ0) is 16.8. The minimum atomic E-state index is -0.722. The summed E-state index contributed by atoms with van der Waals surface area (Å²) in [5.74, 6) is -0.755. The van der Waals surface area contributed by atoms with Crippen LogP contribution in [0.25, 0.3) is 0 Å². The normalized spacial score (nSPS) is 11.6. The summed E-state index contributed by atoms with van der Waals surface area (Å²) >= 11 is 0. The molecule has 0 radical (unpaired) electrons. The molecular formula is C18H21N2O3+. The maximum absolute atomic E-state index is 12.4. The Hall–Kier alpha value is -2.69. The van der Waals surface area contributed by atoms with Crippen molar-refractivity contribution in [3.8, 4) is 0 Å². The SMILES string of the molecule is COC(=O)C(Cc1ccccc1)NC(=O)c1cc(C)c[n+](C)c1. The molecule has 0 aliphatic rings. The number of ether oxygens (including phenoxy) is 1. The van der Waals surface area contributed by atoms with Crippen LogP contribution in [-0.2, 0) is 23.0 Å². The lowest BCUT2D eigenvalue weighted by Crippen LogP contribution is -2.43. The van der Waals surface area contributed by atoms with E-state index in [0.29, 0.717) is 12.0 Å². The topological polar surface area (TPSA) is 59.3 Å². The van der Waals surface area contributed by atoms with Crippen molar-refractivity contribution in [3.05, 3.63) is 65.5 Å². The number of amides is 1. The van der Waals surface area contributed by atoms with E-state index in [0.717, 1.165) is 11.1 Å². The summed E-state index contributed by atoms with van der Waals surface area (Å²) in [7, 11) is 3.17. The van der Waals surface area contributed by atoms with E-state index >= 15 is 0 Å². The summed E-state index contributed by atoms with van der Waals surface area (Å²) in [5, 5.41) is 2.76. The number of aryl methyl sites for hydroxylation is 2. The molecule has 1 aromatic heterocycles. The summed E-state index contributed by atoms with van der Waals surface area (Å²) in [6.45, 7) is 1.92. The minimum Gasteiger partial charge on any atom is -0.467 e. The van der Waals surface area contributed by atoms with Gasteiger partial charge in [0.1, 0.15) is 18.7 Å². The lowest BCUT2D eigenvalue weighted by Gasteiger charge is -2.16. The van der Waals surface area contributed by atoms with Crippen molar-refractivity contribution in [2.45, 2.75) is 19.4 Å². The summed E-state index contributed by atoms with van der Waals surface area (Å²) < 4.78 is 6.62. The predicted octanol–water partition coefficient (Wildman–Crippen LogP) is 1.33. The first-order valence-corrected chi connectivity index (χ1v) is 7.39. The number of nitrogens with zero attached hydrogens (tertiary/aromatic N) is 1. The first kappa shape index (κ1) is 16.7. The third-order valence-corrected chi connectivity index (χ3v) is 3.47. The van der Waals surface area contributed by atoms with Crippen LogP contribution in [0.3, 0.4) is 0 Å². The smallest absolute Gasteiger partial charge is 0.328 e. The lowest BCUT2D eigenvalue weighted by molar-refractivity contribution is -0.672. The highest BCUT2D eigenvalue weighted by atomic mass is 16.5. The lowest BCUT2D eigenvalue weighted by atomic mass is 10.1. The predicted molar refractivity (Wildman–Crippen MR) is 85.8 cm³/mol. The van der Waals surface area contributed by atoms with Crippen LogP contribution in [0.15, 0.2) is 48.8 Å². The third kappa shape index (κ3) is 4.64. The van der Waals surface area contributed by atoms with Gasteiger partial charge in [-0.15, -0.1) is 0 Å². The zero-order valence-corrected chi connectivity index (χ0v) is 13.6. The average Bonchev–Trinajstić information content (AvgIpc) is 2.53. The van der Waals surface area contributed by atoms with Crippen molar-refractivity contribution in [1.82, 2.24) is 5.32 Å². The standard InChI is InChI=1S/C18H20N2O3/c1-13-9-15(12-20(2)11-13)17(21)19-16(18(22)23-3)10-14-7-5-4-6-8-14/h4-9,11-12,16H,10H2,1-3H3/p+1. The number of carbonyl (C=O) groups is 2. The van der Waals surface area contributed by atoms with Crippen LogP contribution in [-0.4, -0.2) is 25.0 Å². The fourth-order valence-electron chi connectivity index (χ4n) is 2.45. The van der Waals surface area contributed by atoms with E-state index in [1.807, 2.05) is 55.1 Å². The van der Waals surface area contributed by atoms with E-state index in [2.05, 4.69) is 5.32 Å². The largest absolute Gasteiger partial charge is 0.467 e. The Kier molecular flexibility index (Phi) is 5.46. The van der Waals surface area contributed by atoms with Crippen LogP contribution in [0.2, 0.25) is 0 Å². The first-order valence-electron chi connectivity index (χ1n) is 7.39. The van der Waals surface area contributed by atoms with Crippen molar-refractivity contribution in [1.29, 1.82) is 0 Å². The molecule has 1 N–H and O–H groups in total. The molecule has 0 aliphatic carbocycles. The molecule has 1 aromatic carbocycles. The minimum absolute atomic E-state index is 0.296. The molecule has 1 atom stereocenters. The number of nitrogens with one attached hydrogen (secondary N) is 1. The summed E-state index contributed by atoms with van der Waals surface area (Å²) in [6.07, 6.45) is 4.02. The van der Waals surface area contributed by atoms with Crippen LogP contribution in [0.1, 0.15) is 21.5 Å². The number of carbonyl (C=O) groups excluding carboxylic acids is 2. The van der Waals surface area contributed by atoms with Crippen molar-refractivity contribution in [2.75, 3.05) is 7.11 Å². The van der Waals surface area contributed by atoms with Crippen molar-refractivity contribution in [2.24, 2.45) is 7.05 Å². The zero-order valence-electron chi connectivity index (χ0n) is 13.6. The van der Waals surface area contributed by atoms with E-state index in [1.165, 1.54) is 7.11 Å². The number of esters is 1. The molecule has 0 aliphatic heterocycles. The van der Waals surface area contributed by atoms with E-state index < -0.39 is 12.0 Å². The molecule has 0 saturated carbocycles. The van der Waals surface area contributed by atoms with Gasteiger partial charge in [-0.25, -0.2) is 9.36 Å². The molecule has 5 nitrogen and oxygen atoms in total. The Bertz CT molecular complexity index is 678. The first-order chi connectivity index (χ1) is 11.0. The van der Waals surface area contributed by atoms with Crippen LogP contribution in [0, 0.1) is 6.92 Å². The van der Waals surface area contributed by atoms with Gasteiger partial charge in [0, 0.05) is 12.0 Å². The Morgan fingerprint density at radius 2 is 1.91 bits per heavy atom. The summed E-state index contributed by atoms with van der Waals surface area (Å²) in [6, 6.07) is 10.6. The number of hydrogen-bond donors (Lipinski definition) is 1. The monoisotopic (exact) mass is 313 g/mol. The fourth-order valence-corrected chi connectivity index (χ4v) is 2.45. The molecule has 1 heterocycles. The van der Waals surface area contributed by atoms with E-state index in [1.54, 1.807) is 12.3 Å². The van der Waals surface area contributed by atoms with E-state index in [-0.39, 0.29) is 5.91 Å². The van der Waals surface area contributed by atoms with Gasteiger partial charge in [0.25, 0.3) is 5.91 Å². The second-order valence-corrected chi connectivity index (χ2v) is 5.51. The van der Waals surface area contributed by atoms with Crippen molar-refractivity contribution >= 4 is 11.9 Å². The van der Waals surface area contributed by atoms with Crippen LogP contribution in [0.4, 0.5) is 0 Å². The van der Waals surface area contributed by atoms with Crippen LogP contribution in [0.5, 0.6) is 0 Å². The van der Waals surface area contributed by atoms with E-state index in [4.69, 9.17) is 4.74 Å². The molecule has 5 heteroatoms. The van der Waals surface area contributed by atoms with E-state index in [9.17, 15) is 9.59 Å². The highest BCUT2D eigenvalue weighted by Crippen LogP contribution is 2.06.